The van der Waals surface area contributed by atoms with Gasteiger partial charge in [0.05, 0.1) is 0 Å². The number of carbonyl (C=O) groups is 2. The summed E-state index contributed by atoms with van der Waals surface area (Å²) < 4.78 is 3.30. The minimum absolute atomic E-state index is 0.240. The highest BCUT2D eigenvalue weighted by Crippen LogP contribution is 2.36. The van der Waals surface area contributed by atoms with Crippen molar-refractivity contribution in [3.8, 4) is 5.75 Å². The summed E-state index contributed by atoms with van der Waals surface area (Å²) in [6.07, 6.45) is -1.42. The van der Waals surface area contributed by atoms with E-state index in [1.165, 1.54) is 0 Å². The molecule has 3 rings (SSSR count). The number of alkyl halides is 3. The molecule has 9 heteroatoms. The van der Waals surface area contributed by atoms with Gasteiger partial charge in [-0.25, -0.2) is 4.84 Å². The predicted octanol–water partition coefficient (Wildman–Crippen LogP) is 3.47. The van der Waals surface area contributed by atoms with Gasteiger partial charge in [-0.3, -0.25) is 9.59 Å². The maximum absolute atomic E-state index is 12.4. The van der Waals surface area contributed by atoms with Gasteiger partial charge in [-0.1, -0.05) is 65.1 Å². The molecule has 1 heterocycles. The summed E-state index contributed by atoms with van der Waals surface area (Å²) >= 11 is 17.8. The average molecular weight is 416 g/mol. The Bertz CT molecular complexity index is 811. The van der Waals surface area contributed by atoms with Crippen molar-refractivity contribution in [2.45, 2.75) is 10.0 Å². The number of rotatable bonds is 4. The fourth-order valence-corrected chi connectivity index (χ4v) is 2.54. The van der Waals surface area contributed by atoms with Gasteiger partial charge in [-0.05, 0) is 24.3 Å². The van der Waals surface area contributed by atoms with Gasteiger partial charge in [0.1, 0.15) is 11.4 Å². The molecule has 2 amide bonds. The van der Waals surface area contributed by atoms with E-state index < -0.39 is 21.8 Å². The van der Waals surface area contributed by atoms with Crippen LogP contribution in [0.1, 0.15) is 10.4 Å². The van der Waals surface area contributed by atoms with Crippen LogP contribution in [0.4, 0.5) is 5.69 Å². The number of carbonyl (C=O) groups excluding carboxylic acids is 2. The van der Waals surface area contributed by atoms with Crippen LogP contribution in [0.2, 0.25) is 0 Å². The Labute approximate surface area is 164 Å². The summed E-state index contributed by atoms with van der Waals surface area (Å²) in [4.78, 5) is 30.1. The Kier molecular flexibility index (Phi) is 5.58. The van der Waals surface area contributed by atoms with E-state index in [0.29, 0.717) is 17.0 Å². The SMILES string of the molecule is O=C(NC(ON1C(=O)COc2ccccc21)C(Cl)(Cl)Cl)c1ccccc1. The topological polar surface area (TPSA) is 67.9 Å². The van der Waals surface area contributed by atoms with Crippen LogP contribution in [0.15, 0.2) is 54.6 Å². The van der Waals surface area contributed by atoms with Crippen molar-refractivity contribution in [1.82, 2.24) is 5.32 Å². The molecule has 1 atom stereocenters. The van der Waals surface area contributed by atoms with Gasteiger partial charge in [-0.15, -0.1) is 0 Å². The molecule has 26 heavy (non-hydrogen) atoms. The molecule has 0 saturated carbocycles. The highest BCUT2D eigenvalue weighted by molar-refractivity contribution is 6.68. The van der Waals surface area contributed by atoms with Crippen LogP contribution in [0.3, 0.4) is 0 Å². The number of amides is 2. The molecule has 1 aliphatic rings. The van der Waals surface area contributed by atoms with Gasteiger partial charge in [-0.2, -0.15) is 5.06 Å². The van der Waals surface area contributed by atoms with E-state index in [1.54, 1.807) is 54.6 Å². The molecule has 136 valence electrons. The van der Waals surface area contributed by atoms with E-state index in [0.717, 1.165) is 5.06 Å². The number of nitrogens with one attached hydrogen (secondary N) is 1. The Hall–Kier alpha value is -1.99. The van der Waals surface area contributed by atoms with Crippen LogP contribution in [0, 0.1) is 0 Å². The van der Waals surface area contributed by atoms with Gasteiger partial charge in [0, 0.05) is 5.56 Å². The highest BCUT2D eigenvalue weighted by Gasteiger charge is 2.40. The quantitative estimate of drug-likeness (QED) is 0.613. The third-order valence-corrected chi connectivity index (χ3v) is 4.06. The van der Waals surface area contributed by atoms with Crippen LogP contribution < -0.4 is 15.1 Å². The summed E-state index contributed by atoms with van der Waals surface area (Å²) in [5.41, 5.74) is 0.695. The molecule has 2 aromatic rings. The molecule has 0 aliphatic carbocycles. The van der Waals surface area contributed by atoms with Crippen molar-refractivity contribution in [2.24, 2.45) is 0 Å². The van der Waals surface area contributed by atoms with Crippen LogP contribution in [-0.4, -0.2) is 28.4 Å². The van der Waals surface area contributed by atoms with Crippen LogP contribution >= 0.6 is 34.8 Å². The van der Waals surface area contributed by atoms with Crippen LogP contribution in [0.5, 0.6) is 5.75 Å². The maximum Gasteiger partial charge on any atom is 0.288 e. The molecule has 2 aromatic carbocycles. The number of hydroxylamine groups is 1. The number of fused-ring (bicyclic) bond motifs is 1. The zero-order chi connectivity index (χ0) is 18.7. The zero-order valence-electron chi connectivity index (χ0n) is 13.2. The first-order chi connectivity index (χ1) is 12.4. The lowest BCUT2D eigenvalue weighted by atomic mass is 10.2. The van der Waals surface area contributed by atoms with Crippen LogP contribution in [0.25, 0.3) is 0 Å². The molecule has 0 bridgehead atoms. The monoisotopic (exact) mass is 414 g/mol. The van der Waals surface area contributed by atoms with E-state index in [1.807, 2.05) is 0 Å². The minimum Gasteiger partial charge on any atom is -0.481 e. The number of para-hydroxylation sites is 2. The summed E-state index contributed by atoms with van der Waals surface area (Å²) in [5.74, 6) is -0.586. The number of hydrogen-bond acceptors (Lipinski definition) is 4. The van der Waals surface area contributed by atoms with Crippen molar-refractivity contribution in [1.29, 1.82) is 0 Å². The minimum atomic E-state index is -2.03. The Morgan fingerprint density at radius 2 is 1.77 bits per heavy atom. The largest absolute Gasteiger partial charge is 0.481 e. The summed E-state index contributed by atoms with van der Waals surface area (Å²) in [6.45, 7) is -0.240. The summed E-state index contributed by atoms with van der Waals surface area (Å²) in [6, 6.07) is 15.1. The lowest BCUT2D eigenvalue weighted by molar-refractivity contribution is -0.132. The van der Waals surface area contributed by atoms with E-state index in [-0.39, 0.29) is 6.61 Å². The molecule has 1 unspecified atom stereocenters. The Balaban J connectivity index is 1.84. The first-order valence-corrected chi connectivity index (χ1v) is 8.64. The second-order valence-corrected chi connectivity index (χ2v) is 7.68. The molecule has 0 saturated heterocycles. The van der Waals surface area contributed by atoms with Gasteiger partial charge in [0.25, 0.3) is 11.8 Å². The molecular formula is C17H13Cl3N2O4. The molecule has 0 aromatic heterocycles. The number of hydrogen-bond donors (Lipinski definition) is 1. The fourth-order valence-electron chi connectivity index (χ4n) is 2.26. The second kappa shape index (κ2) is 7.72. The third-order valence-electron chi connectivity index (χ3n) is 3.47. The predicted molar refractivity (Wildman–Crippen MR) is 98.5 cm³/mol. The van der Waals surface area contributed by atoms with Crippen LogP contribution in [-0.2, 0) is 9.63 Å². The summed E-state index contributed by atoms with van der Waals surface area (Å²) in [7, 11) is 0. The second-order valence-electron chi connectivity index (χ2n) is 5.31. The van der Waals surface area contributed by atoms with Gasteiger partial charge in [0.15, 0.2) is 6.61 Å². The standard InChI is InChI=1S/C17H13Cl3N2O4/c18-17(19,20)16(21-15(24)11-6-2-1-3-7-11)26-22-12-8-4-5-9-13(12)25-10-14(22)23/h1-9,16H,10H2,(H,21,24). The van der Waals surface area contributed by atoms with E-state index >= 15 is 0 Å². The number of benzene rings is 2. The van der Waals surface area contributed by atoms with Crippen molar-refractivity contribution >= 4 is 52.3 Å². The number of anilines is 1. The lowest BCUT2D eigenvalue weighted by Crippen LogP contribution is -2.52. The molecule has 0 spiro atoms. The lowest BCUT2D eigenvalue weighted by Gasteiger charge is -2.33. The van der Waals surface area contributed by atoms with Gasteiger partial charge >= 0.3 is 0 Å². The summed E-state index contributed by atoms with van der Waals surface area (Å²) in [5, 5.41) is 3.44. The molecule has 0 fully saturated rings. The molecular weight excluding hydrogens is 403 g/mol. The van der Waals surface area contributed by atoms with Gasteiger partial charge in [0.2, 0.25) is 10.0 Å². The van der Waals surface area contributed by atoms with Gasteiger partial charge < -0.3 is 10.1 Å². The third kappa shape index (κ3) is 4.22. The first kappa shape index (κ1) is 18.8. The maximum atomic E-state index is 12.4. The fraction of sp³-hybridized carbons (Fsp3) is 0.176. The van der Waals surface area contributed by atoms with Crippen molar-refractivity contribution in [3.63, 3.8) is 0 Å². The molecule has 6 nitrogen and oxygen atoms in total. The zero-order valence-corrected chi connectivity index (χ0v) is 15.5. The normalized spacial score (nSPS) is 15.0. The molecule has 0 radical (unpaired) electrons. The highest BCUT2D eigenvalue weighted by atomic mass is 35.6. The van der Waals surface area contributed by atoms with E-state index in [9.17, 15) is 9.59 Å². The molecule has 1 N–H and O–H groups in total. The Morgan fingerprint density at radius 3 is 2.46 bits per heavy atom. The molecule has 1 aliphatic heterocycles. The Morgan fingerprint density at radius 1 is 1.12 bits per heavy atom. The van der Waals surface area contributed by atoms with Crippen molar-refractivity contribution < 1.29 is 19.2 Å². The van der Waals surface area contributed by atoms with E-state index in [4.69, 9.17) is 44.4 Å². The average Bonchev–Trinajstić information content (AvgIpc) is 2.63. The smallest absolute Gasteiger partial charge is 0.288 e. The van der Waals surface area contributed by atoms with Crippen molar-refractivity contribution in [2.75, 3.05) is 11.7 Å². The number of nitrogens with zero attached hydrogens (tertiary/aromatic N) is 1. The number of halogens is 3. The van der Waals surface area contributed by atoms with Crippen molar-refractivity contribution in [3.05, 3.63) is 60.2 Å². The number of ether oxygens (including phenoxy) is 1. The first-order valence-electron chi connectivity index (χ1n) is 7.50. The van der Waals surface area contributed by atoms with E-state index in [2.05, 4.69) is 5.32 Å².